The molecule has 1 aromatic carbocycles. The monoisotopic (exact) mass is 276 g/mol. The predicted molar refractivity (Wildman–Crippen MR) is 78.5 cm³/mol. The van der Waals surface area contributed by atoms with Crippen LogP contribution in [0.15, 0.2) is 48.2 Å². The summed E-state index contributed by atoms with van der Waals surface area (Å²) in [5, 5.41) is 16.5. The molecule has 0 atom stereocenters. The number of rotatable bonds is 1. The van der Waals surface area contributed by atoms with Crippen molar-refractivity contribution in [2.24, 2.45) is 0 Å². The van der Waals surface area contributed by atoms with Gasteiger partial charge in [0.2, 0.25) is 0 Å². The molecule has 3 heterocycles. The lowest BCUT2D eigenvalue weighted by Crippen LogP contribution is -1.92. The van der Waals surface area contributed by atoms with Crippen LogP contribution in [0.25, 0.3) is 26.9 Å². The molecule has 3 aromatic heterocycles. The van der Waals surface area contributed by atoms with Gasteiger partial charge in [0.1, 0.15) is 11.6 Å². The average molecular weight is 276 g/mol. The van der Waals surface area contributed by atoms with Gasteiger partial charge in [0.15, 0.2) is 5.65 Å². The van der Waals surface area contributed by atoms with Crippen LogP contribution in [0.2, 0.25) is 0 Å². The van der Waals surface area contributed by atoms with Crippen molar-refractivity contribution < 1.29 is 0 Å². The van der Waals surface area contributed by atoms with E-state index in [1.807, 2.05) is 12.3 Å². The van der Waals surface area contributed by atoms with E-state index in [9.17, 15) is 0 Å². The number of nitrogens with zero attached hydrogens (tertiary/aromatic N) is 4. The molecule has 0 fully saturated rings. The van der Waals surface area contributed by atoms with Crippen LogP contribution in [0.5, 0.6) is 0 Å². The molecule has 4 aromatic rings. The Hall–Kier alpha value is -2.71. The fourth-order valence-electron chi connectivity index (χ4n) is 2.34. The van der Waals surface area contributed by atoms with E-state index in [1.54, 1.807) is 22.0 Å². The molecule has 5 heteroatoms. The summed E-state index contributed by atoms with van der Waals surface area (Å²) in [5.74, 6) is 0. The molecule has 0 amide bonds. The Morgan fingerprint density at radius 3 is 3.05 bits per heavy atom. The molecule has 0 saturated heterocycles. The van der Waals surface area contributed by atoms with E-state index in [2.05, 4.69) is 39.7 Å². The van der Waals surface area contributed by atoms with Gasteiger partial charge in [0.05, 0.1) is 6.20 Å². The second kappa shape index (κ2) is 4.15. The summed E-state index contributed by atoms with van der Waals surface area (Å²) in [6, 6.07) is 10.4. The number of aromatic nitrogens is 3. The zero-order valence-electron chi connectivity index (χ0n) is 10.3. The molecule has 4 nitrogen and oxygen atoms in total. The highest BCUT2D eigenvalue weighted by Crippen LogP contribution is 2.31. The number of benzene rings is 1. The van der Waals surface area contributed by atoms with Crippen LogP contribution < -0.4 is 0 Å². The van der Waals surface area contributed by atoms with E-state index in [-0.39, 0.29) is 0 Å². The molecule has 0 saturated carbocycles. The van der Waals surface area contributed by atoms with E-state index in [0.29, 0.717) is 11.2 Å². The Bertz CT molecular complexity index is 974. The molecule has 0 radical (unpaired) electrons. The molecule has 0 N–H and O–H groups in total. The zero-order valence-corrected chi connectivity index (χ0v) is 11.1. The maximum atomic E-state index is 8.98. The number of thiophene rings is 1. The van der Waals surface area contributed by atoms with Crippen LogP contribution in [-0.2, 0) is 0 Å². The molecule has 0 aliphatic heterocycles. The van der Waals surface area contributed by atoms with Gasteiger partial charge in [-0.1, -0.05) is 12.1 Å². The first-order valence-electron chi connectivity index (χ1n) is 6.07. The fourth-order valence-corrected chi connectivity index (χ4v) is 3.15. The summed E-state index contributed by atoms with van der Waals surface area (Å²) in [6.07, 6.45) is 5.25. The number of nitriles is 1. The molecule has 0 unspecified atom stereocenters. The maximum absolute atomic E-state index is 8.98. The van der Waals surface area contributed by atoms with Gasteiger partial charge < -0.3 is 0 Å². The van der Waals surface area contributed by atoms with E-state index in [0.717, 1.165) is 11.1 Å². The third kappa shape index (κ3) is 1.52. The first kappa shape index (κ1) is 11.1. The number of hydrogen-bond acceptors (Lipinski definition) is 4. The van der Waals surface area contributed by atoms with Crippen LogP contribution in [0.4, 0.5) is 0 Å². The van der Waals surface area contributed by atoms with E-state index in [4.69, 9.17) is 5.26 Å². The molecule has 0 aliphatic carbocycles. The Morgan fingerprint density at radius 1 is 1.20 bits per heavy atom. The first-order chi connectivity index (χ1) is 9.86. The average Bonchev–Trinajstić information content (AvgIpc) is 3.12. The molecular formula is C15H8N4S. The predicted octanol–water partition coefficient (Wildman–Crippen LogP) is 3.48. The standard InChI is InChI=1S/C15H8N4S/c16-6-10-8-18-19-9-11(7-17-15(10)19)12-2-1-3-14-13(12)4-5-20-14/h1-5,7-9H. The lowest BCUT2D eigenvalue weighted by Gasteiger charge is -2.04. The number of fused-ring (bicyclic) bond motifs is 2. The molecule has 94 valence electrons. The Morgan fingerprint density at radius 2 is 2.15 bits per heavy atom. The summed E-state index contributed by atoms with van der Waals surface area (Å²) in [5.41, 5.74) is 3.21. The maximum Gasteiger partial charge on any atom is 0.172 e. The molecule has 0 spiro atoms. The molecular weight excluding hydrogens is 268 g/mol. The van der Waals surface area contributed by atoms with Gasteiger partial charge in [-0.05, 0) is 23.1 Å². The minimum absolute atomic E-state index is 0.491. The van der Waals surface area contributed by atoms with Crippen molar-refractivity contribution in [2.75, 3.05) is 0 Å². The zero-order chi connectivity index (χ0) is 13.5. The van der Waals surface area contributed by atoms with Gasteiger partial charge in [-0.15, -0.1) is 11.3 Å². The smallest absolute Gasteiger partial charge is 0.172 e. The normalized spacial score (nSPS) is 10.9. The highest BCUT2D eigenvalue weighted by molar-refractivity contribution is 7.17. The quantitative estimate of drug-likeness (QED) is 0.535. The van der Waals surface area contributed by atoms with E-state index < -0.39 is 0 Å². The van der Waals surface area contributed by atoms with Crippen molar-refractivity contribution in [1.82, 2.24) is 14.6 Å². The first-order valence-corrected chi connectivity index (χ1v) is 6.95. The van der Waals surface area contributed by atoms with Crippen molar-refractivity contribution in [1.29, 1.82) is 5.26 Å². The summed E-state index contributed by atoms with van der Waals surface area (Å²) < 4.78 is 2.90. The summed E-state index contributed by atoms with van der Waals surface area (Å²) in [4.78, 5) is 4.36. The summed E-state index contributed by atoms with van der Waals surface area (Å²) in [6.45, 7) is 0. The second-order valence-electron chi connectivity index (χ2n) is 4.42. The van der Waals surface area contributed by atoms with Crippen molar-refractivity contribution >= 4 is 27.1 Å². The molecule has 20 heavy (non-hydrogen) atoms. The summed E-state index contributed by atoms with van der Waals surface area (Å²) in [7, 11) is 0. The Kier molecular flexibility index (Phi) is 2.31. The lowest BCUT2D eigenvalue weighted by molar-refractivity contribution is 0.941. The second-order valence-corrected chi connectivity index (χ2v) is 5.37. The SMILES string of the molecule is N#Cc1cnn2cc(-c3cccc4sccc34)cnc12. The van der Waals surface area contributed by atoms with Crippen molar-refractivity contribution in [3.8, 4) is 17.2 Å². The molecule has 4 rings (SSSR count). The van der Waals surface area contributed by atoms with Crippen LogP contribution in [0.3, 0.4) is 0 Å². The van der Waals surface area contributed by atoms with Crippen molar-refractivity contribution in [3.05, 3.63) is 53.8 Å². The van der Waals surface area contributed by atoms with E-state index >= 15 is 0 Å². The lowest BCUT2D eigenvalue weighted by atomic mass is 10.1. The van der Waals surface area contributed by atoms with Crippen molar-refractivity contribution in [2.45, 2.75) is 0 Å². The van der Waals surface area contributed by atoms with Crippen LogP contribution >= 0.6 is 11.3 Å². The van der Waals surface area contributed by atoms with Gasteiger partial charge in [0, 0.05) is 28.0 Å². The van der Waals surface area contributed by atoms with Gasteiger partial charge in [-0.2, -0.15) is 10.4 Å². The molecule has 0 aliphatic rings. The van der Waals surface area contributed by atoms with Gasteiger partial charge in [0.25, 0.3) is 0 Å². The van der Waals surface area contributed by atoms with E-state index in [1.165, 1.54) is 16.3 Å². The van der Waals surface area contributed by atoms with Gasteiger partial charge >= 0.3 is 0 Å². The minimum atomic E-state index is 0.491. The Balaban J connectivity index is 1.99. The van der Waals surface area contributed by atoms with Crippen LogP contribution in [-0.4, -0.2) is 14.6 Å². The summed E-state index contributed by atoms with van der Waals surface area (Å²) >= 11 is 1.72. The van der Waals surface area contributed by atoms with Gasteiger partial charge in [-0.25, -0.2) is 9.50 Å². The van der Waals surface area contributed by atoms with Crippen molar-refractivity contribution in [3.63, 3.8) is 0 Å². The fraction of sp³-hybridized carbons (Fsp3) is 0. The third-order valence-electron chi connectivity index (χ3n) is 3.28. The number of hydrogen-bond donors (Lipinski definition) is 0. The molecule has 0 bridgehead atoms. The highest BCUT2D eigenvalue weighted by atomic mass is 32.1. The highest BCUT2D eigenvalue weighted by Gasteiger charge is 2.09. The van der Waals surface area contributed by atoms with Gasteiger partial charge in [-0.3, -0.25) is 0 Å². The minimum Gasteiger partial charge on any atom is -0.235 e. The van der Waals surface area contributed by atoms with Crippen LogP contribution in [0.1, 0.15) is 5.56 Å². The van der Waals surface area contributed by atoms with Crippen LogP contribution in [0, 0.1) is 11.3 Å². The largest absolute Gasteiger partial charge is 0.235 e. The topological polar surface area (TPSA) is 54.0 Å². The third-order valence-corrected chi connectivity index (χ3v) is 4.17. The Labute approximate surface area is 118 Å².